The van der Waals surface area contributed by atoms with Gasteiger partial charge in [-0.05, 0) is 85.8 Å². The number of benzene rings is 1. The molecule has 3 rings (SSSR count). The standard InChI is InChI=1S/C27H38FN/c1-2-21-12-16-25(17-13-21)26-18-14-24(15-19-26)11-10-23-8-6-22(7-9-23)4-3-5-27(28)20-29/h5,12-13,16-17,22-24,26H,2-4,6-11,14-15,18-19H2,1H3/t22-,23-,24-,26-. The Kier molecular flexibility index (Phi) is 8.78. The molecule has 0 aliphatic heterocycles. The molecular weight excluding hydrogens is 357 g/mol. The summed E-state index contributed by atoms with van der Waals surface area (Å²) < 4.78 is 12.9. The van der Waals surface area contributed by atoms with Gasteiger partial charge in [0.2, 0.25) is 0 Å². The number of nitrogens with zero attached hydrogens (tertiary/aromatic N) is 1. The second kappa shape index (κ2) is 11.5. The Hall–Kier alpha value is -1.62. The minimum Gasteiger partial charge on any atom is -0.195 e. The molecule has 1 nitrogen and oxygen atoms in total. The average molecular weight is 396 g/mol. The molecule has 0 atom stereocenters. The molecule has 158 valence electrons. The summed E-state index contributed by atoms with van der Waals surface area (Å²) in [5, 5.41) is 8.47. The first kappa shape index (κ1) is 22.1. The molecule has 0 spiro atoms. The van der Waals surface area contributed by atoms with Gasteiger partial charge in [0, 0.05) is 0 Å². The fraction of sp³-hybridized carbons (Fsp3) is 0.667. The maximum atomic E-state index is 12.9. The number of halogens is 1. The number of aryl methyl sites for hydroxylation is 1. The molecule has 0 bridgehead atoms. The topological polar surface area (TPSA) is 23.8 Å². The summed E-state index contributed by atoms with van der Waals surface area (Å²) in [5.41, 5.74) is 3.01. The normalized spacial score (nSPS) is 28.1. The van der Waals surface area contributed by atoms with Crippen LogP contribution in [0.1, 0.15) is 101 Å². The van der Waals surface area contributed by atoms with Crippen LogP contribution in [0.15, 0.2) is 36.2 Å². The van der Waals surface area contributed by atoms with E-state index in [1.165, 1.54) is 75.8 Å². The van der Waals surface area contributed by atoms with Crippen molar-refractivity contribution in [2.75, 3.05) is 0 Å². The highest BCUT2D eigenvalue weighted by Gasteiger charge is 2.25. The number of allylic oxidation sites excluding steroid dienone is 2. The van der Waals surface area contributed by atoms with E-state index >= 15 is 0 Å². The summed E-state index contributed by atoms with van der Waals surface area (Å²) in [7, 11) is 0. The van der Waals surface area contributed by atoms with Crippen LogP contribution in [0.25, 0.3) is 0 Å². The molecule has 0 amide bonds. The predicted octanol–water partition coefficient (Wildman–Crippen LogP) is 8.27. The van der Waals surface area contributed by atoms with Crippen LogP contribution in [-0.2, 0) is 6.42 Å². The van der Waals surface area contributed by atoms with Gasteiger partial charge in [0.15, 0.2) is 5.83 Å². The maximum Gasteiger partial charge on any atom is 0.196 e. The number of hydrogen-bond acceptors (Lipinski definition) is 1. The van der Waals surface area contributed by atoms with Gasteiger partial charge in [-0.15, -0.1) is 0 Å². The zero-order chi connectivity index (χ0) is 20.5. The lowest BCUT2D eigenvalue weighted by molar-refractivity contribution is 0.225. The van der Waals surface area contributed by atoms with Gasteiger partial charge in [-0.1, -0.05) is 69.7 Å². The summed E-state index contributed by atoms with van der Waals surface area (Å²) >= 11 is 0. The average Bonchev–Trinajstić information content (AvgIpc) is 2.79. The maximum absolute atomic E-state index is 12.9. The predicted molar refractivity (Wildman–Crippen MR) is 119 cm³/mol. The highest BCUT2D eigenvalue weighted by molar-refractivity contribution is 5.25. The van der Waals surface area contributed by atoms with Crippen LogP contribution in [0, 0.1) is 29.1 Å². The molecule has 2 fully saturated rings. The third-order valence-electron chi connectivity index (χ3n) is 7.66. The second-order valence-corrected chi connectivity index (χ2v) is 9.52. The fourth-order valence-electron chi connectivity index (χ4n) is 5.58. The van der Waals surface area contributed by atoms with Crippen molar-refractivity contribution >= 4 is 0 Å². The highest BCUT2D eigenvalue weighted by atomic mass is 19.1. The first-order valence-corrected chi connectivity index (χ1v) is 12.0. The molecule has 1 aromatic carbocycles. The van der Waals surface area contributed by atoms with Crippen molar-refractivity contribution in [3.8, 4) is 6.07 Å². The zero-order valence-corrected chi connectivity index (χ0v) is 18.2. The van der Waals surface area contributed by atoms with Crippen LogP contribution in [0.2, 0.25) is 0 Å². The summed E-state index contributed by atoms with van der Waals surface area (Å²) in [6.45, 7) is 2.22. The Labute approximate surface area is 177 Å². The van der Waals surface area contributed by atoms with Crippen molar-refractivity contribution < 1.29 is 4.39 Å². The Bertz CT molecular complexity index is 667. The van der Waals surface area contributed by atoms with Gasteiger partial charge in [-0.3, -0.25) is 0 Å². The lowest BCUT2D eigenvalue weighted by Crippen LogP contribution is -2.17. The van der Waals surface area contributed by atoms with Gasteiger partial charge in [0.1, 0.15) is 6.07 Å². The van der Waals surface area contributed by atoms with E-state index < -0.39 is 5.83 Å². The van der Waals surface area contributed by atoms with Gasteiger partial charge < -0.3 is 0 Å². The Morgan fingerprint density at radius 2 is 1.41 bits per heavy atom. The van der Waals surface area contributed by atoms with Crippen LogP contribution in [0.4, 0.5) is 4.39 Å². The molecule has 2 saturated carbocycles. The van der Waals surface area contributed by atoms with Gasteiger partial charge >= 0.3 is 0 Å². The molecular formula is C27H38FN. The molecule has 0 aromatic heterocycles. The number of nitriles is 1. The van der Waals surface area contributed by atoms with Crippen molar-refractivity contribution in [3.63, 3.8) is 0 Å². The number of rotatable bonds is 8. The van der Waals surface area contributed by atoms with Crippen LogP contribution >= 0.6 is 0 Å². The second-order valence-electron chi connectivity index (χ2n) is 9.52. The highest BCUT2D eigenvalue weighted by Crippen LogP contribution is 2.40. The fourth-order valence-corrected chi connectivity index (χ4v) is 5.58. The molecule has 1 aromatic rings. The van der Waals surface area contributed by atoms with Crippen molar-refractivity contribution in [2.45, 2.75) is 96.3 Å². The molecule has 0 N–H and O–H groups in total. The Balaban J connectivity index is 1.30. The summed E-state index contributed by atoms with van der Waals surface area (Å²) in [5.74, 6) is 2.76. The number of hydrogen-bond donors (Lipinski definition) is 0. The van der Waals surface area contributed by atoms with E-state index in [1.54, 1.807) is 11.6 Å². The van der Waals surface area contributed by atoms with Crippen LogP contribution in [0.3, 0.4) is 0 Å². The summed E-state index contributed by atoms with van der Waals surface area (Å²) in [4.78, 5) is 0. The van der Waals surface area contributed by atoms with Crippen molar-refractivity contribution in [1.29, 1.82) is 5.26 Å². The summed E-state index contributed by atoms with van der Waals surface area (Å²) in [6.07, 6.45) is 18.1. The van der Waals surface area contributed by atoms with E-state index in [-0.39, 0.29) is 0 Å². The van der Waals surface area contributed by atoms with Gasteiger partial charge in [-0.25, -0.2) is 0 Å². The molecule has 0 heterocycles. The molecule has 0 radical (unpaired) electrons. The van der Waals surface area contributed by atoms with Crippen LogP contribution in [0.5, 0.6) is 0 Å². The first-order valence-electron chi connectivity index (χ1n) is 12.0. The third kappa shape index (κ3) is 6.98. The van der Waals surface area contributed by atoms with Crippen molar-refractivity contribution in [2.24, 2.45) is 17.8 Å². The Morgan fingerprint density at radius 1 is 0.897 bits per heavy atom. The zero-order valence-electron chi connectivity index (χ0n) is 18.2. The molecule has 2 aliphatic carbocycles. The molecule has 2 aliphatic rings. The van der Waals surface area contributed by atoms with E-state index in [1.807, 2.05) is 0 Å². The van der Waals surface area contributed by atoms with Gasteiger partial charge in [0.25, 0.3) is 0 Å². The van der Waals surface area contributed by atoms with E-state index in [4.69, 9.17) is 5.26 Å². The smallest absolute Gasteiger partial charge is 0.195 e. The van der Waals surface area contributed by atoms with Crippen molar-refractivity contribution in [3.05, 3.63) is 47.3 Å². The lowest BCUT2D eigenvalue weighted by atomic mass is 9.74. The third-order valence-corrected chi connectivity index (χ3v) is 7.66. The minimum atomic E-state index is -0.619. The van der Waals surface area contributed by atoms with E-state index in [9.17, 15) is 4.39 Å². The van der Waals surface area contributed by atoms with Crippen LogP contribution < -0.4 is 0 Å². The summed E-state index contributed by atoms with van der Waals surface area (Å²) in [6, 6.07) is 10.9. The molecule has 0 unspecified atom stereocenters. The van der Waals surface area contributed by atoms with E-state index in [0.717, 1.165) is 42.9 Å². The van der Waals surface area contributed by atoms with Gasteiger partial charge in [-0.2, -0.15) is 9.65 Å². The molecule has 29 heavy (non-hydrogen) atoms. The van der Waals surface area contributed by atoms with Crippen molar-refractivity contribution in [1.82, 2.24) is 0 Å². The molecule has 0 saturated heterocycles. The van der Waals surface area contributed by atoms with E-state index in [2.05, 4.69) is 31.2 Å². The Morgan fingerprint density at radius 3 is 1.93 bits per heavy atom. The molecule has 2 heteroatoms. The quantitative estimate of drug-likeness (QED) is 0.406. The minimum absolute atomic E-state index is 0.619. The van der Waals surface area contributed by atoms with Crippen LogP contribution in [-0.4, -0.2) is 0 Å². The van der Waals surface area contributed by atoms with Gasteiger partial charge in [0.05, 0.1) is 0 Å². The SMILES string of the molecule is CCc1ccc([C@H]2CC[C@H](CC[C@H]3CC[C@H](CCC=C(F)C#N)CC3)CC2)cc1. The lowest BCUT2D eigenvalue weighted by Gasteiger charge is -2.32. The van der Waals surface area contributed by atoms with E-state index in [0.29, 0.717) is 0 Å². The largest absolute Gasteiger partial charge is 0.196 e. The monoisotopic (exact) mass is 395 g/mol. The first-order chi connectivity index (χ1) is 14.2.